The molecule has 1 heterocycles. The number of ether oxygens (including phenoxy) is 1. The van der Waals surface area contributed by atoms with E-state index in [1.807, 2.05) is 26.0 Å². The number of carbonyl (C=O) groups excluding carboxylic acids is 1. The van der Waals surface area contributed by atoms with Gasteiger partial charge in [0.05, 0.1) is 12.7 Å². The number of aromatic nitrogens is 2. The molecule has 3 rings (SSSR count). The minimum atomic E-state index is -0.582. The van der Waals surface area contributed by atoms with Crippen LogP contribution in [0.25, 0.3) is 11.4 Å². The fourth-order valence-corrected chi connectivity index (χ4v) is 2.60. The molecule has 0 aliphatic heterocycles. The van der Waals surface area contributed by atoms with Crippen molar-refractivity contribution in [1.29, 1.82) is 0 Å². The third-order valence-electron chi connectivity index (χ3n) is 4.13. The second kappa shape index (κ2) is 7.99. The van der Waals surface area contributed by atoms with E-state index in [4.69, 9.17) is 9.26 Å². The van der Waals surface area contributed by atoms with E-state index in [1.165, 1.54) is 18.2 Å². The minimum absolute atomic E-state index is 0.0296. The van der Waals surface area contributed by atoms with Crippen molar-refractivity contribution < 1.29 is 18.4 Å². The summed E-state index contributed by atoms with van der Waals surface area (Å²) in [5, 5.41) is 6.77. The van der Waals surface area contributed by atoms with Crippen molar-refractivity contribution in [2.45, 2.75) is 19.9 Å². The highest BCUT2D eigenvalue weighted by molar-refractivity contribution is 5.94. The molecule has 0 unspecified atom stereocenters. The first-order valence-corrected chi connectivity index (χ1v) is 8.53. The molecule has 1 N–H and O–H groups in total. The zero-order chi connectivity index (χ0) is 19.4. The summed E-state index contributed by atoms with van der Waals surface area (Å²) in [6.45, 7) is 3.81. The number of methoxy groups -OCH3 is 1. The summed E-state index contributed by atoms with van der Waals surface area (Å²) in [7, 11) is 1.59. The molecule has 0 aliphatic carbocycles. The SMILES string of the molecule is COc1ccc(-c2noc([C@@H](NC(=O)c3ccccc3F)C(C)C)n2)cc1. The predicted molar refractivity (Wildman–Crippen MR) is 97.7 cm³/mol. The van der Waals surface area contributed by atoms with Gasteiger partial charge in [-0.2, -0.15) is 4.98 Å². The lowest BCUT2D eigenvalue weighted by molar-refractivity contribution is 0.0910. The van der Waals surface area contributed by atoms with Gasteiger partial charge in [0.2, 0.25) is 11.7 Å². The van der Waals surface area contributed by atoms with Crippen molar-refractivity contribution in [3.8, 4) is 17.1 Å². The third-order valence-corrected chi connectivity index (χ3v) is 4.13. The van der Waals surface area contributed by atoms with E-state index in [0.717, 1.165) is 11.3 Å². The molecule has 0 saturated carbocycles. The number of carbonyl (C=O) groups is 1. The first-order chi connectivity index (χ1) is 13.0. The van der Waals surface area contributed by atoms with Crippen LogP contribution in [-0.2, 0) is 0 Å². The Bertz CT molecular complexity index is 922. The lowest BCUT2D eigenvalue weighted by Crippen LogP contribution is -2.32. The fraction of sp³-hybridized carbons (Fsp3) is 0.250. The number of rotatable bonds is 6. The van der Waals surface area contributed by atoms with Crippen molar-refractivity contribution >= 4 is 5.91 Å². The quantitative estimate of drug-likeness (QED) is 0.710. The fourth-order valence-electron chi connectivity index (χ4n) is 2.60. The monoisotopic (exact) mass is 369 g/mol. The molecule has 140 valence electrons. The molecule has 27 heavy (non-hydrogen) atoms. The molecular weight excluding hydrogens is 349 g/mol. The Morgan fingerprint density at radius 2 is 1.85 bits per heavy atom. The summed E-state index contributed by atoms with van der Waals surface area (Å²) in [4.78, 5) is 16.8. The summed E-state index contributed by atoms with van der Waals surface area (Å²) in [5.41, 5.74) is 0.728. The van der Waals surface area contributed by atoms with Gasteiger partial charge in [-0.3, -0.25) is 4.79 Å². The van der Waals surface area contributed by atoms with Crippen LogP contribution in [-0.4, -0.2) is 23.2 Å². The van der Waals surface area contributed by atoms with Gasteiger partial charge in [0.15, 0.2) is 0 Å². The van der Waals surface area contributed by atoms with Crippen LogP contribution in [0.15, 0.2) is 53.1 Å². The second-order valence-electron chi connectivity index (χ2n) is 6.36. The highest BCUT2D eigenvalue weighted by Crippen LogP contribution is 2.25. The molecule has 0 spiro atoms. The lowest BCUT2D eigenvalue weighted by atomic mass is 10.0. The smallest absolute Gasteiger partial charge is 0.254 e. The summed E-state index contributed by atoms with van der Waals surface area (Å²) in [5.74, 6) is 0.237. The van der Waals surface area contributed by atoms with Gasteiger partial charge in [0, 0.05) is 5.56 Å². The van der Waals surface area contributed by atoms with E-state index < -0.39 is 17.8 Å². The van der Waals surface area contributed by atoms with Gasteiger partial charge >= 0.3 is 0 Å². The summed E-state index contributed by atoms with van der Waals surface area (Å²) in [6.07, 6.45) is 0. The van der Waals surface area contributed by atoms with Crippen molar-refractivity contribution in [2.75, 3.05) is 7.11 Å². The zero-order valence-corrected chi connectivity index (χ0v) is 15.3. The average Bonchev–Trinajstić information content (AvgIpc) is 3.16. The zero-order valence-electron chi connectivity index (χ0n) is 15.3. The largest absolute Gasteiger partial charge is 0.497 e. The van der Waals surface area contributed by atoms with Gasteiger partial charge in [-0.05, 0) is 42.3 Å². The summed E-state index contributed by atoms with van der Waals surface area (Å²) in [6, 6.07) is 12.5. The standard InChI is InChI=1S/C20H20FN3O3/c1-12(2)17(22-19(25)15-6-4-5-7-16(15)21)20-23-18(24-27-20)13-8-10-14(26-3)11-9-13/h4-12,17H,1-3H3,(H,22,25)/t17-/m0/s1. The maximum absolute atomic E-state index is 13.9. The normalized spacial score (nSPS) is 12.0. The van der Waals surface area contributed by atoms with Crippen LogP contribution >= 0.6 is 0 Å². The van der Waals surface area contributed by atoms with Crippen molar-refractivity contribution in [3.05, 3.63) is 65.8 Å². The number of nitrogens with one attached hydrogen (secondary N) is 1. The molecular formula is C20H20FN3O3. The van der Waals surface area contributed by atoms with Crippen LogP contribution < -0.4 is 10.1 Å². The van der Waals surface area contributed by atoms with Crippen LogP contribution in [0.5, 0.6) is 5.75 Å². The Labute approximate surface area is 156 Å². The van der Waals surface area contributed by atoms with Crippen molar-refractivity contribution in [1.82, 2.24) is 15.5 Å². The highest BCUT2D eigenvalue weighted by atomic mass is 19.1. The molecule has 0 aliphatic rings. The van der Waals surface area contributed by atoms with Gasteiger partial charge in [-0.15, -0.1) is 0 Å². The molecule has 0 bridgehead atoms. The number of nitrogens with zero attached hydrogens (tertiary/aromatic N) is 2. The maximum atomic E-state index is 13.9. The van der Waals surface area contributed by atoms with E-state index >= 15 is 0 Å². The number of hydrogen-bond acceptors (Lipinski definition) is 5. The van der Waals surface area contributed by atoms with Crippen LogP contribution in [0.1, 0.15) is 36.1 Å². The predicted octanol–water partition coefficient (Wildman–Crippen LogP) is 4.01. The van der Waals surface area contributed by atoms with Gasteiger partial charge in [0.1, 0.15) is 17.6 Å². The second-order valence-corrected chi connectivity index (χ2v) is 6.36. The topological polar surface area (TPSA) is 77.3 Å². The summed E-state index contributed by atoms with van der Waals surface area (Å²) < 4.78 is 24.4. The Hall–Kier alpha value is -3.22. The van der Waals surface area contributed by atoms with Crippen molar-refractivity contribution in [2.24, 2.45) is 5.92 Å². The molecule has 1 amide bonds. The molecule has 1 aromatic heterocycles. The molecule has 2 aromatic carbocycles. The minimum Gasteiger partial charge on any atom is -0.497 e. The van der Waals surface area contributed by atoms with E-state index in [9.17, 15) is 9.18 Å². The number of halogens is 1. The van der Waals surface area contributed by atoms with E-state index in [1.54, 1.807) is 25.3 Å². The Balaban J connectivity index is 1.82. The average molecular weight is 369 g/mol. The molecule has 3 aromatic rings. The van der Waals surface area contributed by atoms with Crippen LogP contribution in [0.2, 0.25) is 0 Å². The molecule has 6 nitrogen and oxygen atoms in total. The Kier molecular flexibility index (Phi) is 5.49. The van der Waals surface area contributed by atoms with Gasteiger partial charge in [-0.1, -0.05) is 31.1 Å². The number of amides is 1. The molecule has 0 fully saturated rings. The number of hydrogen-bond donors (Lipinski definition) is 1. The first-order valence-electron chi connectivity index (χ1n) is 8.53. The van der Waals surface area contributed by atoms with Crippen molar-refractivity contribution in [3.63, 3.8) is 0 Å². The molecule has 0 radical (unpaired) electrons. The maximum Gasteiger partial charge on any atom is 0.254 e. The third kappa shape index (κ3) is 4.13. The lowest BCUT2D eigenvalue weighted by Gasteiger charge is -2.18. The molecule has 0 saturated heterocycles. The Morgan fingerprint density at radius 1 is 1.15 bits per heavy atom. The number of benzene rings is 2. The highest BCUT2D eigenvalue weighted by Gasteiger charge is 2.26. The Morgan fingerprint density at radius 3 is 2.48 bits per heavy atom. The van der Waals surface area contributed by atoms with E-state index in [-0.39, 0.29) is 17.4 Å². The van der Waals surface area contributed by atoms with Crippen LogP contribution in [0.3, 0.4) is 0 Å². The van der Waals surface area contributed by atoms with Crippen LogP contribution in [0, 0.1) is 11.7 Å². The van der Waals surface area contributed by atoms with Crippen LogP contribution in [0.4, 0.5) is 4.39 Å². The van der Waals surface area contributed by atoms with E-state index in [2.05, 4.69) is 15.5 Å². The molecule has 1 atom stereocenters. The first kappa shape index (κ1) is 18.6. The van der Waals surface area contributed by atoms with Gasteiger partial charge in [0.25, 0.3) is 5.91 Å². The van der Waals surface area contributed by atoms with Gasteiger partial charge < -0.3 is 14.6 Å². The molecule has 7 heteroatoms. The summed E-state index contributed by atoms with van der Waals surface area (Å²) >= 11 is 0. The van der Waals surface area contributed by atoms with E-state index in [0.29, 0.717) is 5.82 Å². The van der Waals surface area contributed by atoms with Gasteiger partial charge in [-0.25, -0.2) is 4.39 Å².